The monoisotopic (exact) mass is 204 g/mol. The Morgan fingerprint density at radius 3 is 2.80 bits per heavy atom. The van der Waals surface area contributed by atoms with E-state index in [1.807, 2.05) is 0 Å². The topological polar surface area (TPSA) is 20.2 Å². The van der Waals surface area contributed by atoms with Gasteiger partial charge in [0, 0.05) is 6.42 Å². The second kappa shape index (κ2) is 4.74. The van der Waals surface area contributed by atoms with Gasteiger partial charge in [0.2, 0.25) is 0 Å². The molecule has 15 heavy (non-hydrogen) atoms. The molecule has 0 bridgehead atoms. The summed E-state index contributed by atoms with van der Waals surface area (Å²) in [7, 11) is 0. The highest BCUT2D eigenvalue weighted by Crippen LogP contribution is 2.27. The minimum absolute atomic E-state index is 0.291. The van der Waals surface area contributed by atoms with Gasteiger partial charge < -0.3 is 5.11 Å². The van der Waals surface area contributed by atoms with E-state index >= 15 is 0 Å². The lowest BCUT2D eigenvalue weighted by Crippen LogP contribution is -2.21. The Bertz CT molecular complexity index is 405. The van der Waals surface area contributed by atoms with Gasteiger partial charge >= 0.3 is 0 Å². The summed E-state index contributed by atoms with van der Waals surface area (Å²) in [4.78, 5) is 0. The van der Waals surface area contributed by atoms with Crippen LogP contribution in [0.4, 0.5) is 4.39 Å². The van der Waals surface area contributed by atoms with Crippen molar-refractivity contribution in [1.29, 1.82) is 0 Å². The van der Waals surface area contributed by atoms with E-state index < -0.39 is 5.60 Å². The highest BCUT2D eigenvalue weighted by Gasteiger charge is 2.24. The van der Waals surface area contributed by atoms with Crippen LogP contribution in [0.25, 0.3) is 0 Å². The lowest BCUT2D eigenvalue weighted by molar-refractivity contribution is 0.0928. The molecule has 2 heteroatoms. The van der Waals surface area contributed by atoms with E-state index in [4.69, 9.17) is 0 Å². The summed E-state index contributed by atoms with van der Waals surface area (Å²) in [5.41, 5.74) is 1.71. The summed E-state index contributed by atoms with van der Waals surface area (Å²) in [6, 6.07) is 5.82. The van der Waals surface area contributed by atoms with Gasteiger partial charge in [-0.2, -0.15) is 0 Å². The van der Waals surface area contributed by atoms with Gasteiger partial charge in [-0.15, -0.1) is 12.3 Å². The fourth-order valence-electron chi connectivity index (χ4n) is 1.41. The third-order valence-electron chi connectivity index (χ3n) is 2.12. The van der Waals surface area contributed by atoms with Crippen LogP contribution < -0.4 is 0 Å². The molecule has 0 spiro atoms. The summed E-state index contributed by atoms with van der Waals surface area (Å²) in [6.07, 6.45) is 3.27. The van der Waals surface area contributed by atoms with Crippen molar-refractivity contribution >= 4 is 0 Å². The molecule has 1 rings (SSSR count). The molecule has 0 aliphatic rings. The Morgan fingerprint density at radius 2 is 2.27 bits per heavy atom. The zero-order chi connectivity index (χ0) is 11.3. The van der Waals surface area contributed by atoms with Gasteiger partial charge in [0.15, 0.2) is 0 Å². The maximum absolute atomic E-state index is 13.0. The average molecular weight is 204 g/mol. The van der Waals surface area contributed by atoms with Gasteiger partial charge in [-0.1, -0.05) is 24.8 Å². The molecule has 0 aliphatic heterocycles. The third-order valence-corrected chi connectivity index (χ3v) is 2.12. The SMILES string of the molecule is C=C=CC(O)(CC=C)c1cccc(F)c1. The molecule has 0 aromatic heterocycles. The highest BCUT2D eigenvalue weighted by molar-refractivity contribution is 5.28. The number of benzene rings is 1. The molecule has 1 nitrogen and oxygen atoms in total. The maximum Gasteiger partial charge on any atom is 0.123 e. The lowest BCUT2D eigenvalue weighted by Gasteiger charge is -2.22. The maximum atomic E-state index is 13.0. The van der Waals surface area contributed by atoms with Crippen molar-refractivity contribution in [1.82, 2.24) is 0 Å². The van der Waals surface area contributed by atoms with Gasteiger partial charge in [-0.25, -0.2) is 4.39 Å². The molecule has 78 valence electrons. The fourth-order valence-corrected chi connectivity index (χ4v) is 1.41. The van der Waals surface area contributed by atoms with Crippen LogP contribution in [-0.4, -0.2) is 5.11 Å². The summed E-state index contributed by atoms with van der Waals surface area (Å²) >= 11 is 0. The van der Waals surface area contributed by atoms with E-state index in [1.54, 1.807) is 18.2 Å². The summed E-state index contributed by atoms with van der Waals surface area (Å²) in [6.45, 7) is 6.96. The van der Waals surface area contributed by atoms with E-state index in [9.17, 15) is 9.50 Å². The average Bonchev–Trinajstić information content (AvgIpc) is 2.18. The Balaban J connectivity index is 3.19. The van der Waals surface area contributed by atoms with Crippen molar-refractivity contribution in [3.8, 4) is 0 Å². The Kier molecular flexibility index (Phi) is 3.62. The molecule has 0 radical (unpaired) electrons. The standard InChI is InChI=1S/C13H13FO/c1-3-8-13(15,9-4-2)11-6-5-7-12(14)10-11/h3,5-7,9-10,15H,1-2,8H2. The van der Waals surface area contributed by atoms with Crippen molar-refractivity contribution < 1.29 is 9.50 Å². The molecule has 0 amide bonds. The number of halogens is 1. The van der Waals surface area contributed by atoms with Gasteiger partial charge in [0.25, 0.3) is 0 Å². The molecule has 1 aromatic carbocycles. The lowest BCUT2D eigenvalue weighted by atomic mass is 9.90. The molecular weight excluding hydrogens is 191 g/mol. The van der Waals surface area contributed by atoms with Gasteiger partial charge in [-0.05, 0) is 23.8 Å². The number of hydrogen-bond acceptors (Lipinski definition) is 1. The Hall–Kier alpha value is -1.63. The van der Waals surface area contributed by atoms with E-state index in [-0.39, 0.29) is 5.82 Å². The first kappa shape index (κ1) is 11.4. The molecule has 1 atom stereocenters. The summed E-state index contributed by atoms with van der Waals surface area (Å²) < 4.78 is 13.0. The minimum atomic E-state index is -1.27. The van der Waals surface area contributed by atoms with Crippen LogP contribution in [0.1, 0.15) is 12.0 Å². The zero-order valence-corrected chi connectivity index (χ0v) is 8.41. The predicted molar refractivity (Wildman–Crippen MR) is 58.8 cm³/mol. The predicted octanol–water partition coefficient (Wildman–Crippen LogP) is 2.93. The van der Waals surface area contributed by atoms with Crippen LogP contribution >= 0.6 is 0 Å². The Morgan fingerprint density at radius 1 is 1.53 bits per heavy atom. The second-order valence-corrected chi connectivity index (χ2v) is 3.28. The second-order valence-electron chi connectivity index (χ2n) is 3.28. The van der Waals surface area contributed by atoms with Crippen LogP contribution in [0.2, 0.25) is 0 Å². The first-order valence-corrected chi connectivity index (χ1v) is 4.58. The molecule has 0 heterocycles. The van der Waals surface area contributed by atoms with Gasteiger partial charge in [-0.3, -0.25) is 0 Å². The molecule has 1 aromatic rings. The molecule has 1 unspecified atom stereocenters. The largest absolute Gasteiger partial charge is 0.380 e. The molecule has 0 saturated carbocycles. The van der Waals surface area contributed by atoms with Gasteiger partial charge in [0.1, 0.15) is 11.4 Å². The minimum Gasteiger partial charge on any atom is -0.380 e. The van der Waals surface area contributed by atoms with Crippen molar-refractivity contribution in [3.63, 3.8) is 0 Å². The smallest absolute Gasteiger partial charge is 0.123 e. The zero-order valence-electron chi connectivity index (χ0n) is 8.41. The molecule has 1 N–H and O–H groups in total. The van der Waals surface area contributed by atoms with Crippen molar-refractivity contribution in [2.45, 2.75) is 12.0 Å². The van der Waals surface area contributed by atoms with E-state index in [1.165, 1.54) is 18.2 Å². The first-order valence-electron chi connectivity index (χ1n) is 4.58. The number of hydrogen-bond donors (Lipinski definition) is 1. The Labute approximate surface area is 88.9 Å². The van der Waals surface area contributed by atoms with Crippen molar-refractivity contribution in [2.75, 3.05) is 0 Å². The van der Waals surface area contributed by atoms with Crippen LogP contribution in [0.5, 0.6) is 0 Å². The molecule has 0 saturated heterocycles. The number of rotatable bonds is 4. The van der Waals surface area contributed by atoms with Crippen molar-refractivity contribution in [2.24, 2.45) is 0 Å². The van der Waals surface area contributed by atoms with Crippen LogP contribution in [0, 0.1) is 5.82 Å². The van der Waals surface area contributed by atoms with E-state index in [0.29, 0.717) is 12.0 Å². The van der Waals surface area contributed by atoms with Crippen LogP contribution in [0.15, 0.2) is 55.3 Å². The van der Waals surface area contributed by atoms with Crippen LogP contribution in [-0.2, 0) is 5.60 Å². The first-order chi connectivity index (χ1) is 7.12. The van der Waals surface area contributed by atoms with E-state index in [0.717, 1.165) is 0 Å². The summed E-state index contributed by atoms with van der Waals surface area (Å²) in [5.74, 6) is -0.382. The van der Waals surface area contributed by atoms with Crippen LogP contribution in [0.3, 0.4) is 0 Å². The van der Waals surface area contributed by atoms with Crippen molar-refractivity contribution in [3.05, 3.63) is 66.7 Å². The quantitative estimate of drug-likeness (QED) is 0.590. The normalized spacial score (nSPS) is 13.7. The van der Waals surface area contributed by atoms with E-state index in [2.05, 4.69) is 18.9 Å². The van der Waals surface area contributed by atoms with Gasteiger partial charge in [0.05, 0.1) is 0 Å². The number of aliphatic hydroxyl groups is 1. The molecule has 0 fully saturated rings. The molecule has 0 aliphatic carbocycles. The third kappa shape index (κ3) is 2.66. The highest BCUT2D eigenvalue weighted by atomic mass is 19.1. The molecular formula is C13H13FO. The summed E-state index contributed by atoms with van der Waals surface area (Å²) in [5, 5.41) is 10.2. The fraction of sp³-hybridized carbons (Fsp3) is 0.154.